The molecule has 1 aliphatic rings. The highest BCUT2D eigenvalue weighted by Gasteiger charge is 2.30. The van der Waals surface area contributed by atoms with Crippen molar-refractivity contribution in [3.05, 3.63) is 35.3 Å². The second-order valence-electron chi connectivity index (χ2n) is 5.94. The third kappa shape index (κ3) is 4.17. The van der Waals surface area contributed by atoms with E-state index in [0.29, 0.717) is 26.1 Å². The number of benzene rings is 1. The summed E-state index contributed by atoms with van der Waals surface area (Å²) in [7, 11) is 0. The van der Waals surface area contributed by atoms with Gasteiger partial charge < -0.3 is 14.7 Å². The average Bonchev–Trinajstić information content (AvgIpc) is 3.25. The average molecular weight is 360 g/mol. The summed E-state index contributed by atoms with van der Waals surface area (Å²) < 4.78 is 5.43. The number of amides is 1. The molecular formula is C18H20N2O4S. The topological polar surface area (TPSA) is 79.7 Å². The van der Waals surface area contributed by atoms with E-state index in [1.54, 1.807) is 4.90 Å². The van der Waals surface area contributed by atoms with Gasteiger partial charge in [0.15, 0.2) is 0 Å². The number of carboxylic acids is 1. The van der Waals surface area contributed by atoms with Crippen molar-refractivity contribution in [3.8, 4) is 16.3 Å². The van der Waals surface area contributed by atoms with Gasteiger partial charge >= 0.3 is 5.97 Å². The zero-order valence-electron chi connectivity index (χ0n) is 14.0. The fourth-order valence-electron chi connectivity index (χ4n) is 2.84. The Morgan fingerprint density at radius 3 is 2.76 bits per heavy atom. The number of aliphatic carboxylic acids is 1. The summed E-state index contributed by atoms with van der Waals surface area (Å²) in [5, 5.41) is 11.8. The number of hydrogen-bond acceptors (Lipinski definition) is 5. The normalized spacial score (nSPS) is 16.8. The van der Waals surface area contributed by atoms with E-state index in [1.807, 2.05) is 36.6 Å². The fourth-order valence-corrected chi connectivity index (χ4v) is 3.66. The molecule has 6 nitrogen and oxygen atoms in total. The Hall–Kier alpha value is -2.41. The summed E-state index contributed by atoms with van der Waals surface area (Å²) in [6.07, 6.45) is 0.732. The van der Waals surface area contributed by atoms with Crippen LogP contribution in [-0.4, -0.2) is 46.6 Å². The Labute approximate surface area is 150 Å². The first-order chi connectivity index (χ1) is 12.1. The Balaban J connectivity index is 1.61. The molecule has 1 aromatic heterocycles. The highest BCUT2D eigenvalue weighted by atomic mass is 32.1. The van der Waals surface area contributed by atoms with Gasteiger partial charge in [0.2, 0.25) is 5.91 Å². The number of carbonyl (C=O) groups is 2. The zero-order valence-corrected chi connectivity index (χ0v) is 14.8. The second kappa shape index (κ2) is 7.65. The maximum atomic E-state index is 12.3. The molecule has 1 aromatic carbocycles. The SMILES string of the molecule is CCOc1ccc(-c2nc(CC(=O)N3CC[C@H](C(=O)O)C3)cs2)cc1. The summed E-state index contributed by atoms with van der Waals surface area (Å²) in [4.78, 5) is 29.5. The van der Waals surface area contributed by atoms with Crippen LogP contribution in [0.5, 0.6) is 5.75 Å². The zero-order chi connectivity index (χ0) is 17.8. The summed E-state index contributed by atoms with van der Waals surface area (Å²) in [5.74, 6) is -0.520. The van der Waals surface area contributed by atoms with Gasteiger partial charge in [-0.15, -0.1) is 11.3 Å². The second-order valence-corrected chi connectivity index (χ2v) is 6.80. The molecule has 0 saturated carbocycles. The van der Waals surface area contributed by atoms with Crippen LogP contribution in [0, 0.1) is 5.92 Å². The molecule has 0 radical (unpaired) electrons. The predicted octanol–water partition coefficient (Wildman–Crippen LogP) is 2.68. The number of rotatable bonds is 6. The van der Waals surface area contributed by atoms with E-state index < -0.39 is 11.9 Å². The third-order valence-corrected chi connectivity index (χ3v) is 5.13. The molecule has 1 fully saturated rings. The van der Waals surface area contributed by atoms with Crippen LogP contribution in [0.25, 0.3) is 10.6 Å². The molecule has 0 aliphatic carbocycles. The standard InChI is InChI=1S/C18H20N2O4S/c1-2-24-15-5-3-12(4-6-15)17-19-14(11-25-17)9-16(21)20-8-7-13(10-20)18(22)23/h3-6,11,13H,2,7-10H2,1H3,(H,22,23)/t13-/m0/s1. The first-order valence-electron chi connectivity index (χ1n) is 8.25. The van der Waals surface area contributed by atoms with Crippen LogP contribution >= 0.6 is 11.3 Å². The van der Waals surface area contributed by atoms with Gasteiger partial charge in [-0.05, 0) is 37.6 Å². The van der Waals surface area contributed by atoms with E-state index in [-0.39, 0.29) is 12.3 Å². The van der Waals surface area contributed by atoms with Crippen LogP contribution in [0.2, 0.25) is 0 Å². The molecule has 132 valence electrons. The van der Waals surface area contributed by atoms with E-state index in [4.69, 9.17) is 9.84 Å². The minimum atomic E-state index is -0.832. The molecule has 0 spiro atoms. The molecule has 2 heterocycles. The van der Waals surface area contributed by atoms with Crippen LogP contribution in [0.4, 0.5) is 0 Å². The van der Waals surface area contributed by atoms with Crippen LogP contribution < -0.4 is 4.74 Å². The van der Waals surface area contributed by atoms with Crippen molar-refractivity contribution in [1.82, 2.24) is 9.88 Å². The highest BCUT2D eigenvalue weighted by Crippen LogP contribution is 2.26. The monoisotopic (exact) mass is 360 g/mol. The Morgan fingerprint density at radius 1 is 1.36 bits per heavy atom. The smallest absolute Gasteiger partial charge is 0.308 e. The number of carboxylic acid groups (broad SMARTS) is 1. The number of nitrogens with zero attached hydrogens (tertiary/aromatic N) is 2. The Morgan fingerprint density at radius 2 is 2.12 bits per heavy atom. The van der Waals surface area contributed by atoms with E-state index in [0.717, 1.165) is 22.0 Å². The Bertz CT molecular complexity index is 757. The van der Waals surface area contributed by atoms with E-state index in [9.17, 15) is 9.59 Å². The molecule has 7 heteroatoms. The van der Waals surface area contributed by atoms with Gasteiger partial charge in [-0.2, -0.15) is 0 Å². The summed E-state index contributed by atoms with van der Waals surface area (Å²) in [5.41, 5.74) is 1.71. The lowest BCUT2D eigenvalue weighted by Crippen LogP contribution is -2.31. The first-order valence-corrected chi connectivity index (χ1v) is 9.13. The molecule has 1 atom stereocenters. The summed E-state index contributed by atoms with van der Waals surface area (Å²) in [6, 6.07) is 7.71. The fraction of sp³-hybridized carbons (Fsp3) is 0.389. The molecule has 0 unspecified atom stereocenters. The number of carbonyl (C=O) groups excluding carboxylic acids is 1. The molecular weight excluding hydrogens is 340 g/mol. The molecule has 1 N–H and O–H groups in total. The highest BCUT2D eigenvalue weighted by molar-refractivity contribution is 7.13. The Kier molecular flexibility index (Phi) is 5.33. The van der Waals surface area contributed by atoms with Gasteiger partial charge in [0.25, 0.3) is 0 Å². The van der Waals surface area contributed by atoms with Crippen molar-refractivity contribution in [2.75, 3.05) is 19.7 Å². The van der Waals surface area contributed by atoms with E-state index in [2.05, 4.69) is 4.98 Å². The van der Waals surface area contributed by atoms with Crippen molar-refractivity contribution in [3.63, 3.8) is 0 Å². The third-order valence-electron chi connectivity index (χ3n) is 4.19. The van der Waals surface area contributed by atoms with Gasteiger partial charge in [-0.3, -0.25) is 9.59 Å². The number of ether oxygens (including phenoxy) is 1. The molecule has 1 aliphatic heterocycles. The molecule has 1 saturated heterocycles. The van der Waals surface area contributed by atoms with Gasteiger partial charge in [0, 0.05) is 24.0 Å². The van der Waals surface area contributed by atoms with Crippen molar-refractivity contribution in [2.45, 2.75) is 19.8 Å². The largest absolute Gasteiger partial charge is 0.494 e. The molecule has 25 heavy (non-hydrogen) atoms. The molecule has 2 aromatic rings. The lowest BCUT2D eigenvalue weighted by Gasteiger charge is -2.14. The molecule has 1 amide bonds. The maximum absolute atomic E-state index is 12.3. The van der Waals surface area contributed by atoms with Gasteiger partial charge in [0.1, 0.15) is 10.8 Å². The van der Waals surface area contributed by atoms with Gasteiger partial charge in [-0.25, -0.2) is 4.98 Å². The van der Waals surface area contributed by atoms with Crippen molar-refractivity contribution >= 4 is 23.2 Å². The summed E-state index contributed by atoms with van der Waals surface area (Å²) in [6.45, 7) is 3.37. The van der Waals surface area contributed by atoms with Crippen LogP contribution in [0.1, 0.15) is 19.0 Å². The van der Waals surface area contributed by atoms with Gasteiger partial charge in [-0.1, -0.05) is 0 Å². The van der Waals surface area contributed by atoms with Crippen molar-refractivity contribution in [1.29, 1.82) is 0 Å². The first kappa shape index (κ1) is 17.4. The van der Waals surface area contributed by atoms with Crippen LogP contribution in [0.15, 0.2) is 29.6 Å². The molecule has 0 bridgehead atoms. The van der Waals surface area contributed by atoms with E-state index in [1.165, 1.54) is 11.3 Å². The molecule has 3 rings (SSSR count). The summed E-state index contributed by atoms with van der Waals surface area (Å²) >= 11 is 1.50. The lowest BCUT2D eigenvalue weighted by molar-refractivity contribution is -0.141. The number of aromatic nitrogens is 1. The van der Waals surface area contributed by atoms with Crippen LogP contribution in [0.3, 0.4) is 0 Å². The van der Waals surface area contributed by atoms with Crippen molar-refractivity contribution < 1.29 is 19.4 Å². The number of hydrogen-bond donors (Lipinski definition) is 1. The number of thiazole rings is 1. The minimum absolute atomic E-state index is 0.0627. The number of likely N-dealkylation sites (tertiary alicyclic amines) is 1. The lowest BCUT2D eigenvalue weighted by atomic mass is 10.1. The predicted molar refractivity (Wildman–Crippen MR) is 94.7 cm³/mol. The quantitative estimate of drug-likeness (QED) is 0.857. The van der Waals surface area contributed by atoms with Gasteiger partial charge in [0.05, 0.1) is 24.6 Å². The van der Waals surface area contributed by atoms with Crippen LogP contribution in [-0.2, 0) is 16.0 Å². The van der Waals surface area contributed by atoms with E-state index >= 15 is 0 Å². The maximum Gasteiger partial charge on any atom is 0.308 e. The van der Waals surface area contributed by atoms with Crippen molar-refractivity contribution in [2.24, 2.45) is 5.92 Å². The minimum Gasteiger partial charge on any atom is -0.494 e.